The van der Waals surface area contributed by atoms with E-state index in [1.54, 1.807) is 7.11 Å². The Morgan fingerprint density at radius 2 is 1.79 bits per heavy atom. The van der Waals surface area contributed by atoms with Gasteiger partial charge < -0.3 is 10.1 Å². The van der Waals surface area contributed by atoms with Gasteiger partial charge in [0.2, 0.25) is 0 Å². The summed E-state index contributed by atoms with van der Waals surface area (Å²) in [6.45, 7) is 12.5. The Hall–Kier alpha value is -1.02. The molecule has 0 amide bonds. The average molecular weight is 263 g/mol. The molecule has 2 nitrogen and oxygen atoms in total. The van der Waals surface area contributed by atoms with Gasteiger partial charge in [0.25, 0.3) is 0 Å². The molecule has 19 heavy (non-hydrogen) atoms. The van der Waals surface area contributed by atoms with E-state index in [0.717, 1.165) is 18.7 Å². The van der Waals surface area contributed by atoms with E-state index in [9.17, 15) is 0 Å². The lowest BCUT2D eigenvalue weighted by molar-refractivity contribution is 0.246. The molecule has 1 rings (SSSR count). The monoisotopic (exact) mass is 263 g/mol. The van der Waals surface area contributed by atoms with E-state index in [1.165, 1.54) is 5.56 Å². The summed E-state index contributed by atoms with van der Waals surface area (Å²) in [4.78, 5) is 0. The molecular weight excluding hydrogens is 234 g/mol. The van der Waals surface area contributed by atoms with E-state index in [1.807, 2.05) is 12.1 Å². The van der Waals surface area contributed by atoms with Crippen LogP contribution in [-0.4, -0.2) is 19.7 Å². The highest BCUT2D eigenvalue weighted by Crippen LogP contribution is 2.25. The lowest BCUT2D eigenvalue weighted by atomic mass is 9.82. The molecule has 2 heteroatoms. The Balaban J connectivity index is 2.49. The van der Waals surface area contributed by atoms with Gasteiger partial charge in [-0.15, -0.1) is 0 Å². The number of hydrogen-bond donors (Lipinski definition) is 1. The predicted octanol–water partition coefficient (Wildman–Crippen LogP) is 3.90. The van der Waals surface area contributed by atoms with E-state index in [-0.39, 0.29) is 0 Å². The van der Waals surface area contributed by atoms with Crippen LogP contribution in [0.2, 0.25) is 0 Å². The van der Waals surface area contributed by atoms with Crippen LogP contribution in [-0.2, 0) is 6.42 Å². The number of hydrogen-bond acceptors (Lipinski definition) is 2. The minimum Gasteiger partial charge on any atom is -0.496 e. The van der Waals surface area contributed by atoms with Gasteiger partial charge in [-0.05, 0) is 42.9 Å². The molecule has 0 heterocycles. The first kappa shape index (κ1) is 16.0. The van der Waals surface area contributed by atoms with Crippen LogP contribution in [0.4, 0.5) is 0 Å². The zero-order valence-electron chi connectivity index (χ0n) is 13.3. The summed E-state index contributed by atoms with van der Waals surface area (Å²) in [7, 11) is 1.73. The molecule has 0 aliphatic heterocycles. The maximum atomic E-state index is 5.40. The number of nitrogens with one attached hydrogen (secondary N) is 1. The lowest BCUT2D eigenvalue weighted by Crippen LogP contribution is -2.36. The molecule has 1 N–H and O–H groups in total. The normalized spacial score (nSPS) is 15.1. The van der Waals surface area contributed by atoms with Crippen molar-refractivity contribution in [2.75, 3.05) is 13.7 Å². The molecule has 0 spiro atoms. The van der Waals surface area contributed by atoms with Crippen LogP contribution in [0.1, 0.15) is 40.2 Å². The van der Waals surface area contributed by atoms with Gasteiger partial charge in [-0.3, -0.25) is 0 Å². The highest BCUT2D eigenvalue weighted by Gasteiger charge is 2.20. The minimum atomic E-state index is 0.358. The Kier molecular flexibility index (Phi) is 5.86. The standard InChI is InChI=1S/C17H29NO/c1-13(17(3,4)5)12-18-14(2)11-15-9-7-8-10-16(15)19-6/h7-10,13-14,18H,11-12H2,1-6H3. The van der Waals surface area contributed by atoms with Gasteiger partial charge in [-0.1, -0.05) is 45.9 Å². The van der Waals surface area contributed by atoms with Crippen molar-refractivity contribution in [3.63, 3.8) is 0 Å². The Bertz CT molecular complexity index is 381. The second kappa shape index (κ2) is 6.95. The maximum Gasteiger partial charge on any atom is 0.122 e. The van der Waals surface area contributed by atoms with Gasteiger partial charge in [0.1, 0.15) is 5.75 Å². The van der Waals surface area contributed by atoms with Crippen molar-refractivity contribution in [2.45, 2.75) is 47.1 Å². The first-order valence-electron chi connectivity index (χ1n) is 7.20. The van der Waals surface area contributed by atoms with Gasteiger partial charge in [0, 0.05) is 6.04 Å². The summed E-state index contributed by atoms with van der Waals surface area (Å²) >= 11 is 0. The third kappa shape index (κ3) is 5.23. The summed E-state index contributed by atoms with van der Waals surface area (Å²) in [6, 6.07) is 8.72. The summed E-state index contributed by atoms with van der Waals surface area (Å²) in [5.41, 5.74) is 1.63. The fourth-order valence-corrected chi connectivity index (χ4v) is 1.96. The lowest BCUT2D eigenvalue weighted by Gasteiger charge is -2.29. The van der Waals surface area contributed by atoms with Gasteiger partial charge in [-0.25, -0.2) is 0 Å². The Morgan fingerprint density at radius 1 is 1.16 bits per heavy atom. The molecule has 0 aliphatic carbocycles. The van der Waals surface area contributed by atoms with E-state index in [2.05, 4.69) is 52.1 Å². The van der Waals surface area contributed by atoms with Gasteiger partial charge >= 0.3 is 0 Å². The fraction of sp³-hybridized carbons (Fsp3) is 0.647. The van der Waals surface area contributed by atoms with Crippen molar-refractivity contribution < 1.29 is 4.74 Å². The second-order valence-corrected chi connectivity index (χ2v) is 6.59. The molecule has 1 aromatic carbocycles. The molecule has 0 radical (unpaired) electrons. The van der Waals surface area contributed by atoms with Crippen LogP contribution < -0.4 is 10.1 Å². The number of methoxy groups -OCH3 is 1. The summed E-state index contributed by atoms with van der Waals surface area (Å²) < 4.78 is 5.40. The van der Waals surface area contributed by atoms with E-state index in [0.29, 0.717) is 17.4 Å². The van der Waals surface area contributed by atoms with Gasteiger partial charge in [0.15, 0.2) is 0 Å². The molecule has 0 aliphatic rings. The van der Waals surface area contributed by atoms with Gasteiger partial charge in [0.05, 0.1) is 7.11 Å². The summed E-state index contributed by atoms with van der Waals surface area (Å²) in [5.74, 6) is 1.65. The summed E-state index contributed by atoms with van der Waals surface area (Å²) in [5, 5.41) is 3.63. The average Bonchev–Trinajstić information content (AvgIpc) is 2.35. The van der Waals surface area contributed by atoms with Crippen LogP contribution in [0, 0.1) is 11.3 Å². The number of rotatable bonds is 6. The van der Waals surface area contributed by atoms with Crippen LogP contribution in [0.3, 0.4) is 0 Å². The quantitative estimate of drug-likeness (QED) is 0.840. The predicted molar refractivity (Wildman–Crippen MR) is 82.8 cm³/mol. The highest BCUT2D eigenvalue weighted by molar-refractivity contribution is 5.33. The van der Waals surface area contributed by atoms with E-state index < -0.39 is 0 Å². The van der Waals surface area contributed by atoms with E-state index >= 15 is 0 Å². The zero-order valence-corrected chi connectivity index (χ0v) is 13.3. The second-order valence-electron chi connectivity index (χ2n) is 6.59. The topological polar surface area (TPSA) is 21.3 Å². The van der Waals surface area contributed by atoms with Gasteiger partial charge in [-0.2, -0.15) is 0 Å². The molecule has 0 saturated carbocycles. The number of ether oxygens (including phenoxy) is 1. The van der Waals surface area contributed by atoms with Crippen molar-refractivity contribution in [1.29, 1.82) is 0 Å². The molecule has 108 valence electrons. The first-order chi connectivity index (χ1) is 8.84. The van der Waals surface area contributed by atoms with Crippen molar-refractivity contribution in [3.8, 4) is 5.75 Å². The minimum absolute atomic E-state index is 0.358. The molecule has 2 unspecified atom stereocenters. The summed E-state index contributed by atoms with van der Waals surface area (Å²) in [6.07, 6.45) is 1.00. The molecule has 0 aromatic heterocycles. The smallest absolute Gasteiger partial charge is 0.122 e. The molecule has 0 fully saturated rings. The first-order valence-corrected chi connectivity index (χ1v) is 7.20. The number of benzene rings is 1. The van der Waals surface area contributed by atoms with Crippen molar-refractivity contribution in [3.05, 3.63) is 29.8 Å². The van der Waals surface area contributed by atoms with Crippen LogP contribution in [0.15, 0.2) is 24.3 Å². The Morgan fingerprint density at radius 3 is 2.37 bits per heavy atom. The molecular formula is C17H29NO. The molecule has 0 bridgehead atoms. The zero-order chi connectivity index (χ0) is 14.5. The third-order valence-corrected chi connectivity index (χ3v) is 3.97. The fourth-order valence-electron chi connectivity index (χ4n) is 1.96. The van der Waals surface area contributed by atoms with Crippen LogP contribution in [0.25, 0.3) is 0 Å². The van der Waals surface area contributed by atoms with Crippen LogP contribution >= 0.6 is 0 Å². The third-order valence-electron chi connectivity index (χ3n) is 3.97. The van der Waals surface area contributed by atoms with E-state index in [4.69, 9.17) is 4.74 Å². The van der Waals surface area contributed by atoms with Crippen molar-refractivity contribution >= 4 is 0 Å². The number of para-hydroxylation sites is 1. The van der Waals surface area contributed by atoms with Crippen molar-refractivity contribution in [2.24, 2.45) is 11.3 Å². The highest BCUT2D eigenvalue weighted by atomic mass is 16.5. The largest absolute Gasteiger partial charge is 0.496 e. The molecule has 1 aromatic rings. The SMILES string of the molecule is COc1ccccc1CC(C)NCC(C)C(C)(C)C. The van der Waals surface area contributed by atoms with Crippen LogP contribution in [0.5, 0.6) is 5.75 Å². The molecule has 0 saturated heterocycles. The Labute approximate surface area is 118 Å². The van der Waals surface area contributed by atoms with Crippen molar-refractivity contribution in [1.82, 2.24) is 5.32 Å². The molecule has 2 atom stereocenters. The maximum absolute atomic E-state index is 5.40.